The largest absolute Gasteiger partial charge is 0.386 e. The standard InChI is InChI=1S/C13H18INO3/c1-8-6-10(7-12(16)15-9-2-3-9)18-11(4-5-14)13(8)17/h4-5,9-11,13,17H,1-3,6-7H2,(H,15,16)/b5-4+/t10-,11+,13-/m0/s1. The van der Waals surface area contributed by atoms with Crippen LogP contribution in [0.5, 0.6) is 0 Å². The Kier molecular flexibility index (Phi) is 4.80. The predicted molar refractivity (Wildman–Crippen MR) is 77.4 cm³/mol. The lowest BCUT2D eigenvalue weighted by Crippen LogP contribution is -2.41. The third-order valence-corrected chi connectivity index (χ3v) is 3.60. The van der Waals surface area contributed by atoms with Gasteiger partial charge in [-0.3, -0.25) is 4.79 Å². The zero-order valence-corrected chi connectivity index (χ0v) is 12.3. The highest BCUT2D eigenvalue weighted by molar-refractivity contribution is 14.1. The van der Waals surface area contributed by atoms with Crippen LogP contribution in [0, 0.1) is 0 Å². The van der Waals surface area contributed by atoms with Crippen molar-refractivity contribution in [1.29, 1.82) is 0 Å². The molecule has 2 fully saturated rings. The number of nitrogens with one attached hydrogen (secondary N) is 1. The molecular weight excluding hydrogens is 345 g/mol. The second kappa shape index (κ2) is 6.16. The first-order valence-electron chi connectivity index (χ1n) is 6.17. The molecule has 4 nitrogen and oxygen atoms in total. The number of carbonyl (C=O) groups excluding carboxylic acids is 1. The molecule has 18 heavy (non-hydrogen) atoms. The summed E-state index contributed by atoms with van der Waals surface area (Å²) in [7, 11) is 0. The molecule has 1 amide bonds. The van der Waals surface area contributed by atoms with Gasteiger partial charge in [0.1, 0.15) is 12.2 Å². The van der Waals surface area contributed by atoms with E-state index in [9.17, 15) is 9.90 Å². The maximum absolute atomic E-state index is 11.7. The van der Waals surface area contributed by atoms with Gasteiger partial charge in [-0.2, -0.15) is 0 Å². The molecule has 100 valence electrons. The van der Waals surface area contributed by atoms with E-state index in [-0.39, 0.29) is 18.1 Å². The Morgan fingerprint density at radius 3 is 2.94 bits per heavy atom. The number of aliphatic hydroxyl groups excluding tert-OH is 1. The number of hydrogen-bond donors (Lipinski definition) is 2. The van der Waals surface area contributed by atoms with Crippen molar-refractivity contribution in [2.75, 3.05) is 0 Å². The third kappa shape index (κ3) is 3.80. The molecule has 0 unspecified atom stereocenters. The number of aliphatic hydroxyl groups is 1. The monoisotopic (exact) mass is 363 g/mol. The van der Waals surface area contributed by atoms with Gasteiger partial charge in [0.15, 0.2) is 0 Å². The average Bonchev–Trinajstić information content (AvgIpc) is 3.09. The van der Waals surface area contributed by atoms with E-state index in [1.807, 2.05) is 4.08 Å². The van der Waals surface area contributed by atoms with Gasteiger partial charge in [-0.1, -0.05) is 29.2 Å². The molecule has 0 aromatic rings. The quantitative estimate of drug-likeness (QED) is 0.590. The molecule has 3 atom stereocenters. The molecule has 0 radical (unpaired) electrons. The van der Waals surface area contributed by atoms with Gasteiger partial charge in [-0.15, -0.1) is 0 Å². The van der Waals surface area contributed by atoms with E-state index in [4.69, 9.17) is 4.74 Å². The van der Waals surface area contributed by atoms with Gasteiger partial charge in [-0.05, 0) is 35.0 Å². The summed E-state index contributed by atoms with van der Waals surface area (Å²) >= 11 is 2.08. The average molecular weight is 363 g/mol. The number of halogens is 1. The maximum Gasteiger partial charge on any atom is 0.222 e. The molecule has 1 saturated heterocycles. The van der Waals surface area contributed by atoms with Gasteiger partial charge < -0.3 is 15.2 Å². The number of carbonyl (C=O) groups is 1. The first-order valence-corrected chi connectivity index (χ1v) is 7.42. The minimum absolute atomic E-state index is 0.0314. The van der Waals surface area contributed by atoms with Crippen molar-refractivity contribution in [1.82, 2.24) is 5.32 Å². The van der Waals surface area contributed by atoms with E-state index >= 15 is 0 Å². The highest BCUT2D eigenvalue weighted by Gasteiger charge is 2.33. The molecular formula is C13H18INO3. The summed E-state index contributed by atoms with van der Waals surface area (Å²) in [6, 6.07) is 0.375. The van der Waals surface area contributed by atoms with E-state index in [0.717, 1.165) is 18.4 Å². The number of amides is 1. The Morgan fingerprint density at radius 2 is 2.33 bits per heavy atom. The first-order chi connectivity index (χ1) is 8.60. The van der Waals surface area contributed by atoms with Crippen LogP contribution in [0.1, 0.15) is 25.7 Å². The minimum Gasteiger partial charge on any atom is -0.386 e. The number of rotatable bonds is 4. The van der Waals surface area contributed by atoms with Crippen molar-refractivity contribution < 1.29 is 14.6 Å². The second-order valence-electron chi connectivity index (χ2n) is 4.89. The summed E-state index contributed by atoms with van der Waals surface area (Å²) in [5, 5.41) is 12.8. The van der Waals surface area contributed by atoms with Crippen LogP contribution in [-0.2, 0) is 9.53 Å². The van der Waals surface area contributed by atoms with Crippen LogP contribution in [0.2, 0.25) is 0 Å². The van der Waals surface area contributed by atoms with Crippen LogP contribution in [0.15, 0.2) is 22.3 Å². The summed E-state index contributed by atoms with van der Waals surface area (Å²) in [6.07, 6.45) is 3.61. The fraction of sp³-hybridized carbons (Fsp3) is 0.615. The highest BCUT2D eigenvalue weighted by atomic mass is 127. The molecule has 1 aliphatic carbocycles. The lowest BCUT2D eigenvalue weighted by Gasteiger charge is -2.33. The van der Waals surface area contributed by atoms with Crippen LogP contribution in [0.4, 0.5) is 0 Å². The lowest BCUT2D eigenvalue weighted by molar-refractivity contribution is -0.128. The molecule has 1 heterocycles. The molecule has 0 aromatic heterocycles. The van der Waals surface area contributed by atoms with Crippen LogP contribution >= 0.6 is 22.6 Å². The normalized spacial score (nSPS) is 32.8. The summed E-state index contributed by atoms with van der Waals surface area (Å²) in [4.78, 5) is 11.7. The van der Waals surface area contributed by atoms with Crippen LogP contribution in [0.3, 0.4) is 0 Å². The molecule has 2 rings (SSSR count). The van der Waals surface area contributed by atoms with Crippen molar-refractivity contribution >= 4 is 28.5 Å². The van der Waals surface area contributed by atoms with Gasteiger partial charge in [0.2, 0.25) is 5.91 Å². The van der Waals surface area contributed by atoms with Gasteiger partial charge in [0, 0.05) is 6.04 Å². The summed E-state index contributed by atoms with van der Waals surface area (Å²) in [5.41, 5.74) is 0.741. The van der Waals surface area contributed by atoms with E-state index in [1.165, 1.54) is 0 Å². The highest BCUT2D eigenvalue weighted by Crippen LogP contribution is 2.27. The third-order valence-electron chi connectivity index (χ3n) is 3.19. The maximum atomic E-state index is 11.7. The van der Waals surface area contributed by atoms with Gasteiger partial charge >= 0.3 is 0 Å². The Balaban J connectivity index is 1.88. The van der Waals surface area contributed by atoms with Gasteiger partial charge in [0.25, 0.3) is 0 Å². The summed E-state index contributed by atoms with van der Waals surface area (Å²) in [6.45, 7) is 3.86. The van der Waals surface area contributed by atoms with E-state index < -0.39 is 6.10 Å². The fourth-order valence-electron chi connectivity index (χ4n) is 2.05. The van der Waals surface area contributed by atoms with Crippen molar-refractivity contribution in [2.24, 2.45) is 0 Å². The Hall–Kier alpha value is -0.400. The molecule has 1 saturated carbocycles. The molecule has 0 bridgehead atoms. The van der Waals surface area contributed by atoms with Crippen LogP contribution in [0.25, 0.3) is 0 Å². The van der Waals surface area contributed by atoms with Crippen LogP contribution in [-0.4, -0.2) is 35.4 Å². The number of hydrogen-bond acceptors (Lipinski definition) is 3. The Bertz CT molecular complexity index is 365. The molecule has 0 aromatic carbocycles. The van der Waals surface area contributed by atoms with E-state index in [0.29, 0.717) is 18.9 Å². The number of ether oxygens (including phenoxy) is 1. The summed E-state index contributed by atoms with van der Waals surface area (Å²) in [5.74, 6) is 0.0314. The van der Waals surface area contributed by atoms with Crippen molar-refractivity contribution in [3.63, 3.8) is 0 Å². The molecule has 1 aliphatic heterocycles. The van der Waals surface area contributed by atoms with E-state index in [1.54, 1.807) is 6.08 Å². The topological polar surface area (TPSA) is 58.6 Å². The first kappa shape index (κ1) is 14.0. The molecule has 0 spiro atoms. The minimum atomic E-state index is -0.668. The predicted octanol–water partition coefficient (Wildman–Crippen LogP) is 1.68. The fourth-order valence-corrected chi connectivity index (χ4v) is 2.46. The van der Waals surface area contributed by atoms with Gasteiger partial charge in [0.05, 0.1) is 12.5 Å². The lowest BCUT2D eigenvalue weighted by atomic mass is 9.94. The molecule has 5 heteroatoms. The van der Waals surface area contributed by atoms with Crippen LogP contribution < -0.4 is 5.32 Å². The summed E-state index contributed by atoms with van der Waals surface area (Å²) < 4.78 is 7.53. The second-order valence-corrected chi connectivity index (χ2v) is 5.61. The van der Waals surface area contributed by atoms with Crippen molar-refractivity contribution in [2.45, 2.75) is 50.0 Å². The Morgan fingerprint density at radius 1 is 1.61 bits per heavy atom. The van der Waals surface area contributed by atoms with Crippen molar-refractivity contribution in [3.8, 4) is 0 Å². The zero-order chi connectivity index (χ0) is 13.1. The SMILES string of the molecule is C=C1C[C@@H](CC(=O)NC2CC2)O[C@H](/C=C/I)[C@H]1O. The van der Waals surface area contributed by atoms with E-state index in [2.05, 4.69) is 34.5 Å². The Labute approximate surface area is 121 Å². The smallest absolute Gasteiger partial charge is 0.222 e. The van der Waals surface area contributed by atoms with Crippen molar-refractivity contribution in [3.05, 3.63) is 22.3 Å². The zero-order valence-electron chi connectivity index (χ0n) is 10.1. The molecule has 2 aliphatic rings. The molecule has 2 N–H and O–H groups in total. The van der Waals surface area contributed by atoms with Gasteiger partial charge in [-0.25, -0.2) is 0 Å².